The summed E-state index contributed by atoms with van der Waals surface area (Å²) in [4.78, 5) is 4.25. The predicted molar refractivity (Wildman–Crippen MR) is 53.4 cm³/mol. The van der Waals surface area contributed by atoms with E-state index >= 15 is 0 Å². The van der Waals surface area contributed by atoms with E-state index < -0.39 is 0 Å². The van der Waals surface area contributed by atoms with Crippen molar-refractivity contribution >= 4 is 17.5 Å². The first kappa shape index (κ1) is 8.57. The fraction of sp³-hybridized carbons (Fsp3) is 0.300. The Morgan fingerprint density at radius 1 is 1.38 bits per heavy atom. The molecular weight excluding hydrogens is 186 g/mol. The van der Waals surface area contributed by atoms with E-state index in [0.29, 0.717) is 19.0 Å². The van der Waals surface area contributed by atoms with Crippen LogP contribution >= 0.6 is 11.6 Å². The molecule has 0 saturated carbocycles. The van der Waals surface area contributed by atoms with Gasteiger partial charge in [-0.05, 0) is 6.07 Å². The highest BCUT2D eigenvalue weighted by Crippen LogP contribution is 2.19. The lowest BCUT2D eigenvalue weighted by Gasteiger charge is -1.96. The fourth-order valence-electron chi connectivity index (χ4n) is 1.35. The van der Waals surface area contributed by atoms with Crippen molar-refractivity contribution in [3.8, 4) is 0 Å². The Kier molecular flexibility index (Phi) is 2.50. The largest absolute Gasteiger partial charge is 0.473 e. The van der Waals surface area contributed by atoms with Crippen LogP contribution in [0.3, 0.4) is 0 Å². The number of hydrogen-bond donors (Lipinski definition) is 0. The number of ether oxygens (including phenoxy) is 1. The maximum atomic E-state index is 5.54. The molecule has 1 aromatic rings. The molecule has 0 aliphatic carbocycles. The van der Waals surface area contributed by atoms with E-state index in [1.165, 1.54) is 5.56 Å². The molecule has 1 aliphatic rings. The van der Waals surface area contributed by atoms with Crippen LogP contribution in [0.15, 0.2) is 29.3 Å². The summed E-state index contributed by atoms with van der Waals surface area (Å²) in [5, 5.41) is 0. The molecule has 1 aliphatic heterocycles. The summed E-state index contributed by atoms with van der Waals surface area (Å²) in [5.74, 6) is 1.27. The smallest absolute Gasteiger partial charge is 0.216 e. The first-order valence-corrected chi connectivity index (χ1v) is 4.77. The minimum Gasteiger partial charge on any atom is -0.473 e. The van der Waals surface area contributed by atoms with Gasteiger partial charge in [0.15, 0.2) is 0 Å². The molecule has 1 heterocycles. The van der Waals surface area contributed by atoms with Gasteiger partial charge in [0.05, 0.1) is 6.54 Å². The third-order valence-corrected chi connectivity index (χ3v) is 2.12. The van der Waals surface area contributed by atoms with Gasteiger partial charge in [0.2, 0.25) is 5.90 Å². The third kappa shape index (κ3) is 1.68. The molecule has 0 fully saturated rings. The van der Waals surface area contributed by atoms with Crippen molar-refractivity contribution in [2.75, 3.05) is 12.4 Å². The van der Waals surface area contributed by atoms with Gasteiger partial charge in [0.25, 0.3) is 0 Å². The van der Waals surface area contributed by atoms with E-state index in [1.807, 2.05) is 18.2 Å². The first-order chi connectivity index (χ1) is 6.42. The molecule has 0 atom stereocenters. The molecule has 0 radical (unpaired) electrons. The Morgan fingerprint density at radius 3 is 3.08 bits per heavy atom. The number of halogens is 1. The van der Waals surface area contributed by atoms with Gasteiger partial charge in [-0.3, -0.25) is 0 Å². The van der Waals surface area contributed by atoms with Crippen molar-refractivity contribution in [3.63, 3.8) is 0 Å². The lowest BCUT2D eigenvalue weighted by Crippen LogP contribution is -1.99. The van der Waals surface area contributed by atoms with E-state index in [9.17, 15) is 0 Å². The highest BCUT2D eigenvalue weighted by atomic mass is 35.5. The monoisotopic (exact) mass is 195 g/mol. The van der Waals surface area contributed by atoms with Crippen LogP contribution in [0, 0.1) is 0 Å². The molecule has 2 rings (SSSR count). The van der Waals surface area contributed by atoms with Crippen LogP contribution in [0.2, 0.25) is 0 Å². The van der Waals surface area contributed by atoms with Gasteiger partial charge < -0.3 is 4.74 Å². The molecule has 0 bridgehead atoms. The van der Waals surface area contributed by atoms with E-state index in [0.717, 1.165) is 11.5 Å². The zero-order chi connectivity index (χ0) is 9.10. The molecule has 3 heteroatoms. The lowest BCUT2D eigenvalue weighted by atomic mass is 10.1. The van der Waals surface area contributed by atoms with E-state index in [2.05, 4.69) is 11.1 Å². The Hall–Kier alpha value is -1.02. The van der Waals surface area contributed by atoms with E-state index in [4.69, 9.17) is 16.3 Å². The van der Waals surface area contributed by atoms with Crippen molar-refractivity contribution in [2.45, 2.75) is 6.61 Å². The van der Waals surface area contributed by atoms with Crippen LogP contribution in [0.1, 0.15) is 11.1 Å². The van der Waals surface area contributed by atoms with Crippen LogP contribution < -0.4 is 0 Å². The fourth-order valence-corrected chi connectivity index (χ4v) is 1.44. The molecule has 0 N–H and O–H groups in total. The Morgan fingerprint density at radius 2 is 2.23 bits per heavy atom. The summed E-state index contributed by atoms with van der Waals surface area (Å²) in [6, 6.07) is 8.07. The minimum absolute atomic E-state index is 0.537. The van der Waals surface area contributed by atoms with Gasteiger partial charge in [-0.2, -0.15) is 0 Å². The Labute approximate surface area is 82.2 Å². The number of alkyl halides is 1. The Balaban J connectivity index is 2.28. The second-order valence-electron chi connectivity index (χ2n) is 2.82. The molecule has 68 valence electrons. The van der Waals surface area contributed by atoms with Crippen molar-refractivity contribution in [2.24, 2.45) is 4.99 Å². The second kappa shape index (κ2) is 3.79. The number of aliphatic imine (C=N–C) groups is 1. The van der Waals surface area contributed by atoms with Gasteiger partial charge in [0, 0.05) is 17.0 Å². The quantitative estimate of drug-likeness (QED) is 0.663. The predicted octanol–water partition coefficient (Wildman–Crippen LogP) is 2.20. The molecule has 0 saturated heterocycles. The van der Waals surface area contributed by atoms with Gasteiger partial charge in [-0.1, -0.05) is 18.2 Å². The van der Waals surface area contributed by atoms with Gasteiger partial charge in [-0.25, -0.2) is 4.99 Å². The van der Waals surface area contributed by atoms with Gasteiger partial charge in [0.1, 0.15) is 6.61 Å². The van der Waals surface area contributed by atoms with Crippen molar-refractivity contribution in [1.82, 2.24) is 0 Å². The standard InChI is InChI=1S/C10H10ClNO/c11-5-6-12-10-9-4-2-1-3-8(9)7-13-10/h1-4H,5-7H2. The average Bonchev–Trinajstić information content (AvgIpc) is 2.58. The highest BCUT2D eigenvalue weighted by molar-refractivity contribution is 6.18. The summed E-state index contributed by atoms with van der Waals surface area (Å²) in [6.45, 7) is 1.25. The summed E-state index contributed by atoms with van der Waals surface area (Å²) >= 11 is 5.54. The van der Waals surface area contributed by atoms with Crippen LogP contribution in [-0.2, 0) is 11.3 Å². The van der Waals surface area contributed by atoms with Gasteiger partial charge >= 0.3 is 0 Å². The van der Waals surface area contributed by atoms with Crippen molar-refractivity contribution in [3.05, 3.63) is 35.4 Å². The van der Waals surface area contributed by atoms with Gasteiger partial charge in [-0.15, -0.1) is 11.6 Å². The number of rotatable bonds is 2. The van der Waals surface area contributed by atoms with E-state index in [1.54, 1.807) is 0 Å². The third-order valence-electron chi connectivity index (χ3n) is 1.95. The summed E-state index contributed by atoms with van der Waals surface area (Å²) < 4.78 is 5.42. The molecule has 0 unspecified atom stereocenters. The first-order valence-electron chi connectivity index (χ1n) is 4.23. The number of fused-ring (bicyclic) bond motifs is 1. The maximum Gasteiger partial charge on any atom is 0.216 e. The molecule has 13 heavy (non-hydrogen) atoms. The van der Waals surface area contributed by atoms with Crippen LogP contribution in [0.4, 0.5) is 0 Å². The van der Waals surface area contributed by atoms with Crippen molar-refractivity contribution in [1.29, 1.82) is 0 Å². The molecule has 0 aromatic heterocycles. The van der Waals surface area contributed by atoms with Crippen LogP contribution in [0.25, 0.3) is 0 Å². The maximum absolute atomic E-state index is 5.54. The number of nitrogens with zero attached hydrogens (tertiary/aromatic N) is 1. The normalized spacial score (nSPS) is 17.2. The molecule has 2 nitrogen and oxygen atoms in total. The Bertz CT molecular complexity index is 335. The number of benzene rings is 1. The zero-order valence-electron chi connectivity index (χ0n) is 7.16. The SMILES string of the molecule is ClCCN=C1OCc2ccccc21. The molecular formula is C10H10ClNO. The molecule has 0 spiro atoms. The second-order valence-corrected chi connectivity index (χ2v) is 3.20. The van der Waals surface area contributed by atoms with Crippen LogP contribution in [0.5, 0.6) is 0 Å². The average molecular weight is 196 g/mol. The number of hydrogen-bond acceptors (Lipinski definition) is 2. The topological polar surface area (TPSA) is 21.6 Å². The van der Waals surface area contributed by atoms with E-state index in [-0.39, 0.29) is 0 Å². The molecule has 1 aromatic carbocycles. The summed E-state index contributed by atoms with van der Waals surface area (Å²) in [5.41, 5.74) is 2.31. The van der Waals surface area contributed by atoms with Crippen LogP contribution in [-0.4, -0.2) is 18.3 Å². The van der Waals surface area contributed by atoms with Crippen molar-refractivity contribution < 1.29 is 4.74 Å². The highest BCUT2D eigenvalue weighted by Gasteiger charge is 2.17. The molecule has 0 amide bonds. The summed E-state index contributed by atoms with van der Waals surface area (Å²) in [6.07, 6.45) is 0. The lowest BCUT2D eigenvalue weighted by molar-refractivity contribution is 0.311. The minimum atomic E-state index is 0.537. The zero-order valence-corrected chi connectivity index (χ0v) is 7.92. The summed E-state index contributed by atoms with van der Waals surface area (Å²) in [7, 11) is 0.